The SMILES string of the molecule is N#Cc1c(N2CCC3(CC2)CC3)c2cc(C(=O)NC3CNC3)ncc2[nH]c1=O. The molecule has 0 bridgehead atoms. The Labute approximate surface area is 161 Å². The number of amides is 1. The van der Waals surface area contributed by atoms with Crippen molar-refractivity contribution in [3.05, 3.63) is 33.9 Å². The predicted molar refractivity (Wildman–Crippen MR) is 104 cm³/mol. The minimum atomic E-state index is -0.406. The fourth-order valence-corrected chi connectivity index (χ4v) is 4.27. The molecule has 28 heavy (non-hydrogen) atoms. The largest absolute Gasteiger partial charge is 0.370 e. The third-order valence-corrected chi connectivity index (χ3v) is 6.43. The van der Waals surface area contributed by atoms with Crippen molar-refractivity contribution in [2.24, 2.45) is 5.41 Å². The number of hydrogen-bond donors (Lipinski definition) is 3. The Morgan fingerprint density at radius 1 is 1.29 bits per heavy atom. The maximum Gasteiger partial charge on any atom is 0.270 e. The number of carbonyl (C=O) groups is 1. The van der Waals surface area contributed by atoms with Crippen LogP contribution < -0.4 is 21.1 Å². The summed E-state index contributed by atoms with van der Waals surface area (Å²) in [5.41, 5.74) is 1.68. The number of carbonyl (C=O) groups excluding carboxylic acids is 1. The molecule has 144 valence electrons. The van der Waals surface area contributed by atoms with E-state index >= 15 is 0 Å². The van der Waals surface area contributed by atoms with Gasteiger partial charge in [0.1, 0.15) is 17.3 Å². The molecule has 3 fully saturated rings. The number of nitrogens with zero attached hydrogens (tertiary/aromatic N) is 3. The molecule has 1 spiro atoms. The molecule has 8 nitrogen and oxygen atoms in total. The minimum Gasteiger partial charge on any atom is -0.370 e. The molecule has 2 aliphatic heterocycles. The summed E-state index contributed by atoms with van der Waals surface area (Å²) >= 11 is 0. The molecule has 4 heterocycles. The maximum atomic E-state index is 12.5. The second-order valence-electron chi connectivity index (χ2n) is 8.22. The smallest absolute Gasteiger partial charge is 0.270 e. The van der Waals surface area contributed by atoms with Gasteiger partial charge in [-0.2, -0.15) is 5.26 Å². The van der Waals surface area contributed by atoms with Crippen LogP contribution in [0.5, 0.6) is 0 Å². The Morgan fingerprint density at radius 3 is 2.64 bits per heavy atom. The number of nitriles is 1. The van der Waals surface area contributed by atoms with Gasteiger partial charge >= 0.3 is 0 Å². The number of hydrogen-bond acceptors (Lipinski definition) is 6. The standard InChI is InChI=1S/C20H22N6O2/c21-8-14-17(26-5-3-20(1-2-20)4-6-26)13-7-15(19(28)24-12-9-22-10-12)23-11-16(13)25-18(14)27/h7,11-12,22H,1-6,9-10H2,(H,24,28)(H,25,27). The second-order valence-corrected chi connectivity index (χ2v) is 8.22. The van der Waals surface area contributed by atoms with Gasteiger partial charge in [0, 0.05) is 31.6 Å². The van der Waals surface area contributed by atoms with Gasteiger partial charge in [0.25, 0.3) is 11.5 Å². The van der Waals surface area contributed by atoms with E-state index < -0.39 is 5.56 Å². The zero-order chi connectivity index (χ0) is 19.3. The lowest BCUT2D eigenvalue weighted by Gasteiger charge is -2.34. The van der Waals surface area contributed by atoms with E-state index in [2.05, 4.69) is 31.6 Å². The van der Waals surface area contributed by atoms with Gasteiger partial charge in [-0.15, -0.1) is 0 Å². The monoisotopic (exact) mass is 378 g/mol. The van der Waals surface area contributed by atoms with Crippen LogP contribution in [0.1, 0.15) is 41.7 Å². The summed E-state index contributed by atoms with van der Waals surface area (Å²) in [5.74, 6) is -0.236. The van der Waals surface area contributed by atoms with Gasteiger partial charge in [-0.05, 0) is 37.2 Å². The van der Waals surface area contributed by atoms with Crippen molar-refractivity contribution in [1.29, 1.82) is 5.26 Å². The molecule has 8 heteroatoms. The molecule has 0 radical (unpaired) electrons. The van der Waals surface area contributed by atoms with Crippen LogP contribution in [-0.4, -0.2) is 48.1 Å². The van der Waals surface area contributed by atoms with E-state index in [0.717, 1.165) is 39.0 Å². The van der Waals surface area contributed by atoms with Crippen molar-refractivity contribution in [2.45, 2.75) is 31.7 Å². The van der Waals surface area contributed by atoms with Crippen LogP contribution in [0.15, 0.2) is 17.1 Å². The summed E-state index contributed by atoms with van der Waals surface area (Å²) in [7, 11) is 0. The van der Waals surface area contributed by atoms with E-state index in [1.165, 1.54) is 19.0 Å². The van der Waals surface area contributed by atoms with Gasteiger partial charge in [-0.1, -0.05) is 0 Å². The maximum absolute atomic E-state index is 12.5. The average molecular weight is 378 g/mol. The first-order valence-electron chi connectivity index (χ1n) is 9.81. The quantitative estimate of drug-likeness (QED) is 0.730. The third-order valence-electron chi connectivity index (χ3n) is 6.43. The van der Waals surface area contributed by atoms with Crippen molar-refractivity contribution >= 4 is 22.5 Å². The van der Waals surface area contributed by atoms with Crippen LogP contribution in [0.2, 0.25) is 0 Å². The highest BCUT2D eigenvalue weighted by Gasteiger charge is 2.44. The van der Waals surface area contributed by atoms with Crippen LogP contribution in [-0.2, 0) is 0 Å². The van der Waals surface area contributed by atoms with Gasteiger partial charge in [0.2, 0.25) is 0 Å². The molecule has 2 saturated heterocycles. The predicted octanol–water partition coefficient (Wildman–Crippen LogP) is 0.877. The summed E-state index contributed by atoms with van der Waals surface area (Å²) in [6.07, 6.45) is 6.25. The Hall–Kier alpha value is -2.92. The van der Waals surface area contributed by atoms with Gasteiger partial charge in [0.15, 0.2) is 0 Å². The first-order valence-corrected chi connectivity index (χ1v) is 9.81. The number of aromatic amines is 1. The van der Waals surface area contributed by atoms with E-state index in [-0.39, 0.29) is 17.5 Å². The highest BCUT2D eigenvalue weighted by molar-refractivity contribution is 6.00. The molecule has 5 rings (SSSR count). The molecular formula is C20H22N6O2. The van der Waals surface area contributed by atoms with Gasteiger partial charge < -0.3 is 20.5 Å². The number of H-pyrrole nitrogens is 1. The number of fused-ring (bicyclic) bond motifs is 1. The fraction of sp³-hybridized carbons (Fsp3) is 0.500. The molecule has 0 atom stereocenters. The topological polar surface area (TPSA) is 114 Å². The van der Waals surface area contributed by atoms with E-state index in [1.807, 2.05) is 0 Å². The van der Waals surface area contributed by atoms with Crippen LogP contribution in [0.4, 0.5) is 5.69 Å². The molecule has 0 aromatic carbocycles. The van der Waals surface area contributed by atoms with Crippen molar-refractivity contribution in [1.82, 2.24) is 20.6 Å². The van der Waals surface area contributed by atoms with Crippen molar-refractivity contribution in [2.75, 3.05) is 31.1 Å². The Balaban J connectivity index is 1.56. The molecule has 3 N–H and O–H groups in total. The number of anilines is 1. The first-order chi connectivity index (χ1) is 13.6. The number of nitrogens with one attached hydrogen (secondary N) is 3. The van der Waals surface area contributed by atoms with E-state index in [1.54, 1.807) is 6.07 Å². The average Bonchev–Trinajstić information content (AvgIpc) is 3.43. The van der Waals surface area contributed by atoms with Crippen molar-refractivity contribution in [3.8, 4) is 6.07 Å². The van der Waals surface area contributed by atoms with Gasteiger partial charge in [0.05, 0.1) is 23.4 Å². The van der Waals surface area contributed by atoms with E-state index in [9.17, 15) is 14.9 Å². The summed E-state index contributed by atoms with van der Waals surface area (Å²) in [6.45, 7) is 3.16. The molecular weight excluding hydrogens is 356 g/mol. The second kappa shape index (κ2) is 6.31. The van der Waals surface area contributed by atoms with Gasteiger partial charge in [-0.25, -0.2) is 4.98 Å². The van der Waals surface area contributed by atoms with Crippen molar-refractivity contribution < 1.29 is 4.79 Å². The number of rotatable bonds is 3. The molecule has 1 amide bonds. The zero-order valence-corrected chi connectivity index (χ0v) is 15.5. The fourth-order valence-electron chi connectivity index (χ4n) is 4.27. The molecule has 1 saturated carbocycles. The summed E-state index contributed by atoms with van der Waals surface area (Å²) in [5, 5.41) is 16.4. The summed E-state index contributed by atoms with van der Waals surface area (Å²) in [4.78, 5) is 34.1. The third kappa shape index (κ3) is 2.83. The number of pyridine rings is 2. The normalized spacial score (nSPS) is 20.6. The highest BCUT2D eigenvalue weighted by Crippen LogP contribution is 2.54. The Morgan fingerprint density at radius 2 is 2.04 bits per heavy atom. The molecule has 0 unspecified atom stereocenters. The van der Waals surface area contributed by atoms with E-state index in [0.29, 0.717) is 27.7 Å². The lowest BCUT2D eigenvalue weighted by Crippen LogP contribution is -2.57. The van der Waals surface area contributed by atoms with Gasteiger partial charge in [-0.3, -0.25) is 9.59 Å². The molecule has 3 aliphatic rings. The zero-order valence-electron chi connectivity index (χ0n) is 15.5. The lowest BCUT2D eigenvalue weighted by atomic mass is 9.92. The summed E-state index contributed by atoms with van der Waals surface area (Å²) < 4.78 is 0. The lowest BCUT2D eigenvalue weighted by molar-refractivity contribution is 0.0919. The highest BCUT2D eigenvalue weighted by atomic mass is 16.2. The van der Waals surface area contributed by atoms with Crippen LogP contribution in [0.25, 0.3) is 10.9 Å². The van der Waals surface area contributed by atoms with Crippen LogP contribution in [0, 0.1) is 16.7 Å². The molecule has 2 aromatic heterocycles. The molecule has 2 aromatic rings. The minimum absolute atomic E-state index is 0.111. The number of aromatic nitrogens is 2. The van der Waals surface area contributed by atoms with Crippen LogP contribution >= 0.6 is 0 Å². The van der Waals surface area contributed by atoms with Crippen LogP contribution in [0.3, 0.4) is 0 Å². The summed E-state index contributed by atoms with van der Waals surface area (Å²) in [6, 6.07) is 3.89. The number of piperidine rings is 1. The van der Waals surface area contributed by atoms with Crippen molar-refractivity contribution in [3.63, 3.8) is 0 Å². The Kier molecular flexibility index (Phi) is 3.88. The Bertz CT molecular complexity index is 1050. The molecule has 1 aliphatic carbocycles. The first kappa shape index (κ1) is 17.2. The van der Waals surface area contributed by atoms with E-state index in [4.69, 9.17) is 0 Å².